The van der Waals surface area contributed by atoms with Crippen LogP contribution in [0.15, 0.2) is 60.6 Å². The lowest BCUT2D eigenvalue weighted by molar-refractivity contribution is 0.472. The predicted molar refractivity (Wildman–Crippen MR) is 158 cm³/mol. The maximum absolute atomic E-state index is 3.82. The Hall–Kier alpha value is -1.35. The second-order valence-corrected chi connectivity index (χ2v) is 4.61. The van der Waals surface area contributed by atoms with Gasteiger partial charge in [-0.2, -0.15) is 12.6 Å². The van der Waals surface area contributed by atoms with Crippen LogP contribution >= 0.6 is 12.6 Å². The summed E-state index contributed by atoms with van der Waals surface area (Å²) in [6, 6.07) is 0. The summed E-state index contributed by atoms with van der Waals surface area (Å²) >= 11 is 3.53. The molecule has 0 aliphatic carbocycles. The van der Waals surface area contributed by atoms with E-state index in [-0.39, 0.29) is 0 Å². The lowest BCUT2D eigenvalue weighted by Gasteiger charge is -2.23. The van der Waals surface area contributed by atoms with Crippen LogP contribution in [0.4, 0.5) is 0 Å². The minimum absolute atomic E-state index is 0.779. The monoisotopic (exact) mass is 458 g/mol. The molecule has 0 bridgehead atoms. The summed E-state index contributed by atoms with van der Waals surface area (Å²) in [4.78, 5) is 2.22. The molecule has 0 aromatic rings. The second-order valence-electron chi connectivity index (χ2n) is 4.61. The smallest absolute Gasteiger partial charge is 0.0549 e. The molecule has 0 fully saturated rings. The quantitative estimate of drug-likeness (QED) is 0.278. The Bertz CT molecular complexity index is 380. The molecule has 0 saturated carbocycles. The van der Waals surface area contributed by atoms with Gasteiger partial charge in [-0.15, -0.1) is 0 Å². The van der Waals surface area contributed by atoms with Crippen molar-refractivity contribution in [1.82, 2.24) is 10.2 Å². The standard InChI is InChI=1S/C16H26N2.C3H8.4C2H6.CH4S/c1-7-12-18(11-5)15(9-3)13-17-16(10-4)14(6)8-2;1-3-2;5*1-2/h7-10,12,17H,2,4,11,13H2,1,3,5-6H3;3H2,1-2H3;4*1-2H3;2H,1H3/b12-7-,15-9-,16-14+;;;;;;. The molecule has 0 saturated heterocycles. The largest absolute Gasteiger partial charge is 0.379 e. The number of nitrogens with zero attached hydrogens (tertiary/aromatic N) is 1. The highest BCUT2D eigenvalue weighted by Crippen LogP contribution is 2.07. The van der Waals surface area contributed by atoms with Crippen molar-refractivity contribution in [2.24, 2.45) is 0 Å². The molecule has 2 nitrogen and oxygen atoms in total. The van der Waals surface area contributed by atoms with E-state index in [0.717, 1.165) is 24.4 Å². The van der Waals surface area contributed by atoms with Crippen LogP contribution < -0.4 is 5.32 Å². The molecule has 0 atom stereocenters. The van der Waals surface area contributed by atoms with Crippen LogP contribution in [0.25, 0.3) is 0 Å². The third-order valence-corrected chi connectivity index (χ3v) is 2.77. The summed E-state index contributed by atoms with van der Waals surface area (Å²) in [6.07, 6.45) is 12.9. The van der Waals surface area contributed by atoms with Crippen molar-refractivity contribution in [1.29, 1.82) is 0 Å². The first-order chi connectivity index (χ1) is 15.1. The van der Waals surface area contributed by atoms with Crippen LogP contribution in [0.2, 0.25) is 0 Å². The van der Waals surface area contributed by atoms with Crippen LogP contribution in [0.5, 0.6) is 0 Å². The summed E-state index contributed by atoms with van der Waals surface area (Å²) in [5.41, 5.74) is 3.38. The topological polar surface area (TPSA) is 15.3 Å². The lowest BCUT2D eigenvalue weighted by atomic mass is 10.2. The number of hydrogen-bond donors (Lipinski definition) is 2. The molecule has 0 aliphatic heterocycles. The van der Waals surface area contributed by atoms with Gasteiger partial charge in [0.2, 0.25) is 0 Å². The molecule has 31 heavy (non-hydrogen) atoms. The first-order valence-corrected chi connectivity index (χ1v) is 13.1. The summed E-state index contributed by atoms with van der Waals surface area (Å²) < 4.78 is 0. The van der Waals surface area contributed by atoms with Crippen molar-refractivity contribution in [3.8, 4) is 0 Å². The zero-order chi connectivity index (χ0) is 26.7. The van der Waals surface area contributed by atoms with Gasteiger partial charge in [0, 0.05) is 17.9 Å². The molecule has 0 amide bonds. The van der Waals surface area contributed by atoms with E-state index < -0.39 is 0 Å². The predicted octanol–water partition coefficient (Wildman–Crippen LogP) is 10.0. The Morgan fingerprint density at radius 1 is 0.839 bits per heavy atom. The number of thiol groups is 1. The third-order valence-electron chi connectivity index (χ3n) is 2.77. The SMILES string of the molecule is C=C/C(C)=C(\C=C)NC/C(=C/C)N(/C=C\C)CC.CC.CC.CC.CC.CCC.CS. The zero-order valence-electron chi connectivity index (χ0n) is 24.3. The van der Waals surface area contributed by atoms with Crippen molar-refractivity contribution in [3.63, 3.8) is 0 Å². The van der Waals surface area contributed by atoms with Gasteiger partial charge in [0.1, 0.15) is 0 Å². The third kappa shape index (κ3) is 39.7. The van der Waals surface area contributed by atoms with Gasteiger partial charge in [-0.05, 0) is 51.8 Å². The van der Waals surface area contributed by atoms with Gasteiger partial charge in [-0.3, -0.25) is 0 Å². The summed E-state index contributed by atoms with van der Waals surface area (Å²) in [6.45, 7) is 37.8. The molecular weight excluding hydrogens is 396 g/mol. The number of allylic oxidation sites excluding steroid dienone is 5. The van der Waals surface area contributed by atoms with Gasteiger partial charge in [-0.1, -0.05) is 107 Å². The van der Waals surface area contributed by atoms with Crippen molar-refractivity contribution in [2.45, 2.75) is 103 Å². The fraction of sp³-hybridized carbons (Fsp3) is 0.643. The van der Waals surface area contributed by atoms with Crippen molar-refractivity contribution < 1.29 is 0 Å². The van der Waals surface area contributed by atoms with E-state index in [2.05, 4.69) is 76.0 Å². The van der Waals surface area contributed by atoms with Crippen LogP contribution in [0.1, 0.15) is 103 Å². The van der Waals surface area contributed by atoms with Crippen molar-refractivity contribution in [3.05, 3.63) is 60.6 Å². The van der Waals surface area contributed by atoms with E-state index in [1.807, 2.05) is 87.5 Å². The van der Waals surface area contributed by atoms with E-state index in [0.29, 0.717) is 0 Å². The van der Waals surface area contributed by atoms with Crippen molar-refractivity contribution >= 4 is 12.6 Å². The number of nitrogens with one attached hydrogen (secondary N) is 1. The molecule has 0 aromatic carbocycles. The first-order valence-electron chi connectivity index (χ1n) is 12.2. The van der Waals surface area contributed by atoms with Crippen molar-refractivity contribution in [2.75, 3.05) is 19.3 Å². The lowest BCUT2D eigenvalue weighted by Crippen LogP contribution is -2.26. The Morgan fingerprint density at radius 3 is 1.45 bits per heavy atom. The van der Waals surface area contributed by atoms with E-state index in [1.165, 1.54) is 12.1 Å². The zero-order valence-corrected chi connectivity index (χ0v) is 25.2. The van der Waals surface area contributed by atoms with E-state index in [4.69, 9.17) is 0 Å². The van der Waals surface area contributed by atoms with Crippen LogP contribution in [-0.2, 0) is 0 Å². The maximum atomic E-state index is 3.82. The maximum Gasteiger partial charge on any atom is 0.0549 e. The Kier molecular flexibility index (Phi) is 86.8. The highest BCUT2D eigenvalue weighted by atomic mass is 32.1. The molecule has 0 heterocycles. The normalized spacial score (nSPS) is 9.23. The number of hydrogen-bond acceptors (Lipinski definition) is 3. The molecule has 0 aromatic heterocycles. The summed E-state index contributed by atoms with van der Waals surface area (Å²) in [7, 11) is 0. The molecule has 0 radical (unpaired) electrons. The highest BCUT2D eigenvalue weighted by Gasteiger charge is 2.04. The van der Waals surface area contributed by atoms with Gasteiger partial charge in [0.05, 0.1) is 6.54 Å². The van der Waals surface area contributed by atoms with Crippen LogP contribution in [0, 0.1) is 0 Å². The van der Waals surface area contributed by atoms with Gasteiger partial charge in [0.25, 0.3) is 0 Å². The minimum atomic E-state index is 0.779. The molecule has 190 valence electrons. The average Bonchev–Trinajstić information content (AvgIpc) is 2.87. The minimum Gasteiger partial charge on any atom is -0.379 e. The molecular formula is C28H62N2S. The van der Waals surface area contributed by atoms with Gasteiger partial charge >= 0.3 is 0 Å². The van der Waals surface area contributed by atoms with Crippen LogP contribution in [0.3, 0.4) is 0 Å². The average molecular weight is 459 g/mol. The van der Waals surface area contributed by atoms with Gasteiger partial charge < -0.3 is 10.2 Å². The molecule has 1 N–H and O–H groups in total. The van der Waals surface area contributed by atoms with Crippen LogP contribution in [-0.4, -0.2) is 24.2 Å². The van der Waals surface area contributed by atoms with Gasteiger partial charge in [0.15, 0.2) is 0 Å². The fourth-order valence-electron chi connectivity index (χ4n) is 1.62. The highest BCUT2D eigenvalue weighted by molar-refractivity contribution is 7.79. The number of rotatable bonds is 8. The molecule has 0 aliphatic rings. The molecule has 3 heteroatoms. The Labute approximate surface area is 206 Å². The van der Waals surface area contributed by atoms with E-state index in [9.17, 15) is 0 Å². The molecule has 0 rings (SSSR count). The Morgan fingerprint density at radius 2 is 1.23 bits per heavy atom. The van der Waals surface area contributed by atoms with Gasteiger partial charge in [-0.25, -0.2) is 0 Å². The molecule has 0 unspecified atom stereocenters. The van der Waals surface area contributed by atoms with E-state index >= 15 is 0 Å². The summed E-state index contributed by atoms with van der Waals surface area (Å²) in [5, 5.41) is 3.39. The Balaban J connectivity index is -0.0000000745. The second kappa shape index (κ2) is 56.7. The fourth-order valence-corrected chi connectivity index (χ4v) is 1.62. The van der Waals surface area contributed by atoms with E-state index in [1.54, 1.807) is 6.26 Å². The number of likely N-dealkylation sites (N-methyl/N-ethyl adjacent to an activating group) is 1. The summed E-state index contributed by atoms with van der Waals surface area (Å²) in [5.74, 6) is 0. The first kappa shape index (κ1) is 47.4. The molecule has 0 spiro atoms.